The first-order valence-electron chi connectivity index (χ1n) is 8.17. The van der Waals surface area contributed by atoms with E-state index in [1.807, 2.05) is 30.3 Å². The molecule has 0 unspecified atom stereocenters. The number of carbonyl (C=O) groups is 2. The molecular formula is C18H23N5O2. The molecule has 1 aromatic carbocycles. The first-order chi connectivity index (χ1) is 12.2. The summed E-state index contributed by atoms with van der Waals surface area (Å²) in [7, 11) is 0. The first kappa shape index (κ1) is 18.4. The topological polar surface area (TPSA) is 109 Å². The van der Waals surface area contributed by atoms with Gasteiger partial charge in [-0.25, -0.2) is 4.79 Å². The fourth-order valence-electron chi connectivity index (χ4n) is 2.17. The molecule has 0 aliphatic carbocycles. The molecule has 0 saturated heterocycles. The van der Waals surface area contributed by atoms with Gasteiger partial charge in [-0.05, 0) is 48.4 Å². The van der Waals surface area contributed by atoms with Crippen molar-refractivity contribution in [2.75, 3.05) is 11.9 Å². The van der Waals surface area contributed by atoms with Gasteiger partial charge in [-0.15, -0.1) is 0 Å². The minimum Gasteiger partial charge on any atom is -0.352 e. The molecule has 1 heterocycles. The molecule has 1 aromatic heterocycles. The van der Waals surface area contributed by atoms with E-state index in [-0.39, 0.29) is 11.9 Å². The molecule has 2 aromatic rings. The Morgan fingerprint density at radius 2 is 1.76 bits per heavy atom. The Labute approximate surface area is 147 Å². The number of nitrogens with two attached hydrogens (primary N) is 1. The zero-order valence-electron chi connectivity index (χ0n) is 14.0. The normalized spacial score (nSPS) is 10.1. The van der Waals surface area contributed by atoms with Crippen molar-refractivity contribution in [3.8, 4) is 0 Å². The van der Waals surface area contributed by atoms with Gasteiger partial charge in [0.15, 0.2) is 0 Å². The predicted molar refractivity (Wildman–Crippen MR) is 96.7 cm³/mol. The lowest BCUT2D eigenvalue weighted by Gasteiger charge is -2.10. The molecule has 3 amide bonds. The zero-order valence-corrected chi connectivity index (χ0v) is 14.0. The van der Waals surface area contributed by atoms with Crippen molar-refractivity contribution in [1.82, 2.24) is 15.6 Å². The molecule has 25 heavy (non-hydrogen) atoms. The van der Waals surface area contributed by atoms with Crippen molar-refractivity contribution in [2.45, 2.75) is 25.9 Å². The smallest absolute Gasteiger partial charge is 0.319 e. The fourth-order valence-corrected chi connectivity index (χ4v) is 2.17. The fraction of sp³-hybridized carbons (Fsp3) is 0.278. The quantitative estimate of drug-likeness (QED) is 0.586. The van der Waals surface area contributed by atoms with Crippen LogP contribution in [0.1, 0.15) is 24.0 Å². The zero-order chi connectivity index (χ0) is 17.9. The number of hydrogen-bond acceptors (Lipinski definition) is 4. The summed E-state index contributed by atoms with van der Waals surface area (Å²) in [6.45, 7) is 1.34. The Hall–Kier alpha value is -2.93. The summed E-state index contributed by atoms with van der Waals surface area (Å²) in [5.74, 6) is -0.0288. The maximum Gasteiger partial charge on any atom is 0.319 e. The van der Waals surface area contributed by atoms with E-state index < -0.39 is 0 Å². The van der Waals surface area contributed by atoms with Gasteiger partial charge in [0.2, 0.25) is 5.91 Å². The summed E-state index contributed by atoms with van der Waals surface area (Å²) < 4.78 is 0. The molecule has 7 nitrogen and oxygen atoms in total. The third-order valence-electron chi connectivity index (χ3n) is 3.48. The Morgan fingerprint density at radius 1 is 1.00 bits per heavy atom. The van der Waals surface area contributed by atoms with Crippen molar-refractivity contribution < 1.29 is 9.59 Å². The summed E-state index contributed by atoms with van der Waals surface area (Å²) in [5, 5.41) is 8.39. The van der Waals surface area contributed by atoms with Crippen LogP contribution in [0.4, 0.5) is 10.5 Å². The van der Waals surface area contributed by atoms with Crippen LogP contribution in [0.25, 0.3) is 0 Å². The largest absolute Gasteiger partial charge is 0.352 e. The van der Waals surface area contributed by atoms with E-state index in [4.69, 9.17) is 5.73 Å². The van der Waals surface area contributed by atoms with E-state index in [1.54, 1.807) is 18.5 Å². The number of aromatic nitrogens is 1. The third kappa shape index (κ3) is 7.01. The number of pyridine rings is 1. The molecule has 0 aliphatic heterocycles. The molecular weight excluding hydrogens is 318 g/mol. The summed E-state index contributed by atoms with van der Waals surface area (Å²) >= 11 is 0. The number of urea groups is 1. The number of nitrogens with zero attached hydrogens (tertiary/aromatic N) is 1. The third-order valence-corrected chi connectivity index (χ3v) is 3.48. The van der Waals surface area contributed by atoms with Crippen molar-refractivity contribution in [2.24, 2.45) is 5.73 Å². The highest BCUT2D eigenvalue weighted by molar-refractivity contribution is 5.89. The standard InChI is InChI=1S/C18H23N5O2/c19-8-2-5-17(24)21-13-15-3-1-4-16(11-15)23-18(25)22-12-14-6-9-20-10-7-14/h1,3-4,6-7,9-11H,2,5,8,12-13,19H2,(H,21,24)(H2,22,23,25). The summed E-state index contributed by atoms with van der Waals surface area (Å²) in [5.41, 5.74) is 7.93. The number of benzene rings is 1. The number of anilines is 1. The van der Waals surface area contributed by atoms with E-state index in [0.29, 0.717) is 38.2 Å². The Morgan fingerprint density at radius 3 is 2.52 bits per heavy atom. The monoisotopic (exact) mass is 341 g/mol. The highest BCUT2D eigenvalue weighted by Gasteiger charge is 2.04. The minimum absolute atomic E-state index is 0.0288. The average Bonchev–Trinajstić information content (AvgIpc) is 2.64. The molecule has 2 rings (SSSR count). The molecule has 132 valence electrons. The van der Waals surface area contributed by atoms with Gasteiger partial charge in [-0.2, -0.15) is 0 Å². The van der Waals surface area contributed by atoms with Gasteiger partial charge in [-0.3, -0.25) is 9.78 Å². The maximum absolute atomic E-state index is 12.0. The van der Waals surface area contributed by atoms with Crippen LogP contribution in [0, 0.1) is 0 Å². The van der Waals surface area contributed by atoms with Crippen LogP contribution in [0.3, 0.4) is 0 Å². The Balaban J connectivity index is 1.80. The first-order valence-corrected chi connectivity index (χ1v) is 8.17. The van der Waals surface area contributed by atoms with Crippen molar-refractivity contribution in [1.29, 1.82) is 0 Å². The molecule has 5 N–H and O–H groups in total. The molecule has 7 heteroatoms. The van der Waals surface area contributed by atoms with Gasteiger partial charge >= 0.3 is 6.03 Å². The van der Waals surface area contributed by atoms with Crippen molar-refractivity contribution in [3.63, 3.8) is 0 Å². The molecule has 0 radical (unpaired) electrons. The number of hydrogen-bond donors (Lipinski definition) is 4. The van der Waals surface area contributed by atoms with E-state index in [0.717, 1.165) is 11.1 Å². The molecule has 0 fully saturated rings. The average molecular weight is 341 g/mol. The highest BCUT2D eigenvalue weighted by Crippen LogP contribution is 2.10. The second-order valence-corrected chi connectivity index (χ2v) is 5.53. The molecule has 0 spiro atoms. The lowest BCUT2D eigenvalue weighted by Crippen LogP contribution is -2.28. The van der Waals surface area contributed by atoms with Crippen LogP contribution in [0.15, 0.2) is 48.8 Å². The van der Waals surface area contributed by atoms with Crippen LogP contribution in [0.2, 0.25) is 0 Å². The SMILES string of the molecule is NCCCC(=O)NCc1cccc(NC(=O)NCc2ccncc2)c1. The molecule has 0 aliphatic rings. The van der Waals surface area contributed by atoms with Crippen molar-refractivity contribution in [3.05, 3.63) is 59.9 Å². The lowest BCUT2D eigenvalue weighted by atomic mass is 10.2. The van der Waals surface area contributed by atoms with Crippen LogP contribution >= 0.6 is 0 Å². The lowest BCUT2D eigenvalue weighted by molar-refractivity contribution is -0.121. The van der Waals surface area contributed by atoms with E-state index in [1.165, 1.54) is 0 Å². The second kappa shape index (κ2) is 10.0. The number of amides is 3. The second-order valence-electron chi connectivity index (χ2n) is 5.53. The van der Waals surface area contributed by atoms with E-state index in [2.05, 4.69) is 20.9 Å². The van der Waals surface area contributed by atoms with Crippen molar-refractivity contribution >= 4 is 17.6 Å². The number of nitrogens with one attached hydrogen (secondary N) is 3. The summed E-state index contributed by atoms with van der Waals surface area (Å²) in [6.07, 6.45) is 4.46. The van der Waals surface area contributed by atoms with Crippen LogP contribution in [-0.4, -0.2) is 23.5 Å². The van der Waals surface area contributed by atoms with Gasteiger partial charge in [0.25, 0.3) is 0 Å². The summed E-state index contributed by atoms with van der Waals surface area (Å²) in [6, 6.07) is 10.7. The van der Waals surface area contributed by atoms with Gasteiger partial charge in [-0.1, -0.05) is 12.1 Å². The molecule has 0 saturated carbocycles. The molecule has 0 bridgehead atoms. The highest BCUT2D eigenvalue weighted by atomic mass is 16.2. The van der Waals surface area contributed by atoms with Crippen LogP contribution < -0.4 is 21.7 Å². The maximum atomic E-state index is 12.0. The van der Waals surface area contributed by atoms with E-state index in [9.17, 15) is 9.59 Å². The Bertz CT molecular complexity index is 691. The van der Waals surface area contributed by atoms with Gasteiger partial charge in [0.05, 0.1) is 0 Å². The predicted octanol–water partition coefficient (Wildman–Crippen LogP) is 1.76. The number of rotatable bonds is 8. The minimum atomic E-state index is -0.291. The van der Waals surface area contributed by atoms with Crippen LogP contribution in [0.5, 0.6) is 0 Å². The van der Waals surface area contributed by atoms with Gasteiger partial charge < -0.3 is 21.7 Å². The van der Waals surface area contributed by atoms with Crippen LogP contribution in [-0.2, 0) is 17.9 Å². The van der Waals surface area contributed by atoms with Gasteiger partial charge in [0.1, 0.15) is 0 Å². The Kier molecular flexibility index (Phi) is 7.40. The molecule has 0 atom stereocenters. The van der Waals surface area contributed by atoms with E-state index >= 15 is 0 Å². The number of carbonyl (C=O) groups excluding carboxylic acids is 2. The van der Waals surface area contributed by atoms with Gasteiger partial charge in [0, 0.05) is 37.6 Å². The summed E-state index contributed by atoms with van der Waals surface area (Å²) in [4.78, 5) is 27.5.